The maximum Gasteiger partial charge on any atom is 0.181 e. The van der Waals surface area contributed by atoms with Gasteiger partial charge in [0, 0.05) is 5.39 Å². The Morgan fingerprint density at radius 1 is 1.09 bits per heavy atom. The van der Waals surface area contributed by atoms with Gasteiger partial charge in [0.2, 0.25) is 0 Å². The molecule has 1 aliphatic heterocycles. The molecule has 23 heavy (non-hydrogen) atoms. The van der Waals surface area contributed by atoms with Gasteiger partial charge >= 0.3 is 0 Å². The fourth-order valence-corrected chi connectivity index (χ4v) is 4.82. The van der Waals surface area contributed by atoms with E-state index < -0.39 is 9.84 Å². The van der Waals surface area contributed by atoms with Crippen LogP contribution in [-0.4, -0.2) is 24.1 Å². The van der Waals surface area contributed by atoms with Gasteiger partial charge in [0.1, 0.15) is 12.1 Å². The summed E-state index contributed by atoms with van der Waals surface area (Å²) in [6.07, 6.45) is 1.51. The fourth-order valence-electron chi connectivity index (χ4n) is 3.09. The lowest BCUT2D eigenvalue weighted by molar-refractivity contribution is 0.598. The van der Waals surface area contributed by atoms with Gasteiger partial charge in [0.25, 0.3) is 0 Å². The van der Waals surface area contributed by atoms with Crippen LogP contribution in [0.5, 0.6) is 0 Å². The Labute approximate surface area is 134 Å². The van der Waals surface area contributed by atoms with E-state index in [-0.39, 0.29) is 11.8 Å². The maximum atomic E-state index is 12.3. The lowest BCUT2D eigenvalue weighted by atomic mass is 10.1. The van der Waals surface area contributed by atoms with E-state index in [0.717, 1.165) is 22.0 Å². The molecule has 0 fully saturated rings. The smallest absolute Gasteiger partial charge is 0.181 e. The van der Waals surface area contributed by atoms with E-state index in [1.165, 1.54) is 6.33 Å². The number of sulfone groups is 1. The zero-order valence-electron chi connectivity index (χ0n) is 12.5. The Morgan fingerprint density at radius 3 is 2.78 bits per heavy atom. The van der Waals surface area contributed by atoms with Gasteiger partial charge in [-0.1, -0.05) is 30.3 Å². The molecule has 5 nitrogen and oxygen atoms in total. The second kappa shape index (κ2) is 5.03. The van der Waals surface area contributed by atoms with E-state index >= 15 is 0 Å². The Hall–Kier alpha value is -2.47. The van der Waals surface area contributed by atoms with E-state index in [0.29, 0.717) is 10.7 Å². The third-order valence-electron chi connectivity index (χ3n) is 4.19. The summed E-state index contributed by atoms with van der Waals surface area (Å²) in [5.74, 6) is 0.708. The van der Waals surface area contributed by atoms with Crippen LogP contribution in [0.4, 0.5) is 5.82 Å². The highest BCUT2D eigenvalue weighted by Gasteiger charge is 2.34. The van der Waals surface area contributed by atoms with Crippen molar-refractivity contribution >= 4 is 26.6 Å². The number of hydrogen-bond acceptors (Lipinski definition) is 5. The monoisotopic (exact) mass is 325 g/mol. The normalized spacial score (nSPS) is 18.7. The minimum absolute atomic E-state index is 0.0453. The summed E-state index contributed by atoms with van der Waals surface area (Å²) in [5, 5.41) is 4.19. The number of hydrogen-bond donors (Lipinski definition) is 1. The molecule has 2 aromatic carbocycles. The summed E-state index contributed by atoms with van der Waals surface area (Å²) < 4.78 is 24.6. The van der Waals surface area contributed by atoms with Gasteiger partial charge in [-0.15, -0.1) is 0 Å². The van der Waals surface area contributed by atoms with Gasteiger partial charge in [-0.2, -0.15) is 0 Å². The van der Waals surface area contributed by atoms with Crippen LogP contribution in [0.3, 0.4) is 0 Å². The molecule has 0 aliphatic carbocycles. The minimum Gasteiger partial charge on any atom is -0.362 e. The van der Waals surface area contributed by atoms with Crippen molar-refractivity contribution in [2.24, 2.45) is 0 Å². The number of nitrogens with zero attached hydrogens (tertiary/aromatic N) is 2. The first-order valence-corrected chi connectivity index (χ1v) is 9.00. The molecule has 116 valence electrons. The van der Waals surface area contributed by atoms with Crippen molar-refractivity contribution in [3.63, 3.8) is 0 Å². The molecule has 0 spiro atoms. The van der Waals surface area contributed by atoms with Crippen LogP contribution in [0, 0.1) is 6.92 Å². The van der Waals surface area contributed by atoms with Gasteiger partial charge in [0.15, 0.2) is 9.84 Å². The predicted octanol–water partition coefficient (Wildman–Crippen LogP) is 2.88. The molecule has 1 atom stereocenters. The standard InChI is InChI=1S/C17H15N3O2S/c1-11-5-4-7-13-16(11)18-10-19-17(13)20-14-9-23(21,22)15-8-3-2-6-12(14)15/h2-8,10,14H,9H2,1H3,(H,18,19,20)/t14-/m0/s1. The van der Waals surface area contributed by atoms with Crippen molar-refractivity contribution in [3.05, 3.63) is 59.9 Å². The molecule has 1 aliphatic rings. The molecule has 0 amide bonds. The first-order chi connectivity index (χ1) is 11.1. The predicted molar refractivity (Wildman–Crippen MR) is 89.1 cm³/mol. The number of fused-ring (bicyclic) bond motifs is 2. The number of para-hydroxylation sites is 1. The number of benzene rings is 2. The fraction of sp³-hybridized carbons (Fsp3) is 0.176. The summed E-state index contributed by atoms with van der Waals surface area (Å²) >= 11 is 0. The molecule has 0 saturated carbocycles. The third-order valence-corrected chi connectivity index (χ3v) is 6.01. The van der Waals surface area contributed by atoms with Crippen molar-refractivity contribution in [3.8, 4) is 0 Å². The summed E-state index contributed by atoms with van der Waals surface area (Å²) in [6, 6.07) is 12.7. The Morgan fingerprint density at radius 2 is 1.91 bits per heavy atom. The van der Waals surface area contributed by atoms with Crippen LogP contribution < -0.4 is 5.32 Å². The zero-order valence-corrected chi connectivity index (χ0v) is 13.3. The summed E-state index contributed by atoms with van der Waals surface area (Å²) in [5.41, 5.74) is 2.73. The van der Waals surface area contributed by atoms with Crippen LogP contribution >= 0.6 is 0 Å². The van der Waals surface area contributed by atoms with Crippen molar-refractivity contribution in [1.29, 1.82) is 0 Å². The Bertz CT molecular complexity index is 1020. The Kier molecular flexibility index (Phi) is 3.09. The lowest BCUT2D eigenvalue weighted by Crippen LogP contribution is -2.14. The highest BCUT2D eigenvalue weighted by atomic mass is 32.2. The topological polar surface area (TPSA) is 72.0 Å². The number of aryl methyl sites for hydroxylation is 1. The Balaban J connectivity index is 1.80. The molecular formula is C17H15N3O2S. The first kappa shape index (κ1) is 14.1. The molecule has 1 aromatic heterocycles. The van der Waals surface area contributed by atoms with Crippen LogP contribution in [0.2, 0.25) is 0 Å². The summed E-state index contributed by atoms with van der Waals surface area (Å²) in [4.78, 5) is 9.04. The van der Waals surface area contributed by atoms with Gasteiger partial charge in [-0.05, 0) is 30.2 Å². The molecule has 0 bridgehead atoms. The van der Waals surface area contributed by atoms with Crippen LogP contribution in [-0.2, 0) is 9.84 Å². The maximum absolute atomic E-state index is 12.3. The molecule has 6 heteroatoms. The van der Waals surface area contributed by atoms with E-state index in [9.17, 15) is 8.42 Å². The molecule has 4 rings (SSSR count). The van der Waals surface area contributed by atoms with Crippen molar-refractivity contribution in [2.75, 3.05) is 11.1 Å². The molecule has 3 aromatic rings. The van der Waals surface area contributed by atoms with Crippen LogP contribution in [0.15, 0.2) is 53.7 Å². The molecular weight excluding hydrogens is 310 g/mol. The summed E-state index contributed by atoms with van der Waals surface area (Å²) in [6.45, 7) is 1.99. The van der Waals surface area contributed by atoms with E-state index in [1.54, 1.807) is 12.1 Å². The van der Waals surface area contributed by atoms with E-state index in [4.69, 9.17) is 0 Å². The molecule has 0 unspecified atom stereocenters. The highest BCUT2D eigenvalue weighted by Crippen LogP contribution is 2.36. The highest BCUT2D eigenvalue weighted by molar-refractivity contribution is 7.91. The summed E-state index contributed by atoms with van der Waals surface area (Å²) in [7, 11) is -3.24. The molecule has 1 N–H and O–H groups in total. The SMILES string of the molecule is Cc1cccc2c(N[C@H]3CS(=O)(=O)c4ccccc43)ncnc12. The largest absolute Gasteiger partial charge is 0.362 e. The van der Waals surface area contributed by atoms with Gasteiger partial charge in [-0.3, -0.25) is 0 Å². The van der Waals surface area contributed by atoms with Crippen molar-refractivity contribution < 1.29 is 8.42 Å². The zero-order chi connectivity index (χ0) is 16.0. The second-order valence-electron chi connectivity index (χ2n) is 5.71. The molecule has 2 heterocycles. The molecule has 0 radical (unpaired) electrons. The van der Waals surface area contributed by atoms with E-state index in [2.05, 4.69) is 15.3 Å². The number of aromatic nitrogens is 2. The average Bonchev–Trinajstić information content (AvgIpc) is 2.80. The lowest BCUT2D eigenvalue weighted by Gasteiger charge is -2.15. The van der Waals surface area contributed by atoms with E-state index in [1.807, 2.05) is 37.3 Å². The first-order valence-electron chi connectivity index (χ1n) is 7.35. The average molecular weight is 325 g/mol. The quantitative estimate of drug-likeness (QED) is 0.784. The third kappa shape index (κ3) is 2.26. The molecule has 0 saturated heterocycles. The van der Waals surface area contributed by atoms with Crippen LogP contribution in [0.25, 0.3) is 10.9 Å². The van der Waals surface area contributed by atoms with Gasteiger partial charge in [0.05, 0.1) is 22.2 Å². The minimum atomic E-state index is -3.24. The van der Waals surface area contributed by atoms with Crippen molar-refractivity contribution in [2.45, 2.75) is 17.9 Å². The van der Waals surface area contributed by atoms with Crippen molar-refractivity contribution in [1.82, 2.24) is 9.97 Å². The van der Waals surface area contributed by atoms with Gasteiger partial charge < -0.3 is 5.32 Å². The number of nitrogens with one attached hydrogen (secondary N) is 1. The van der Waals surface area contributed by atoms with Crippen LogP contribution in [0.1, 0.15) is 17.2 Å². The number of rotatable bonds is 2. The number of anilines is 1. The van der Waals surface area contributed by atoms with Gasteiger partial charge in [-0.25, -0.2) is 18.4 Å². The second-order valence-corrected chi connectivity index (χ2v) is 7.71.